The number of hydrogen-bond donors (Lipinski definition) is 0. The lowest BCUT2D eigenvalue weighted by atomic mass is 10.5. The van der Waals surface area contributed by atoms with E-state index in [-0.39, 0.29) is 5.91 Å². The van der Waals surface area contributed by atoms with Crippen LogP contribution in [0.1, 0.15) is 0 Å². The number of methoxy groups -OCH3 is 1. The molecule has 0 radical (unpaired) electrons. The highest BCUT2D eigenvalue weighted by molar-refractivity contribution is 8.26. The molecule has 0 aliphatic carbocycles. The molecule has 11 heavy (non-hydrogen) atoms. The maximum absolute atomic E-state index is 11.2. The first kappa shape index (κ1) is 8.55. The van der Waals surface area contributed by atoms with Gasteiger partial charge in [0, 0.05) is 7.05 Å². The zero-order valence-corrected chi connectivity index (χ0v) is 7.79. The van der Waals surface area contributed by atoms with Crippen molar-refractivity contribution < 1.29 is 9.53 Å². The monoisotopic (exact) mass is 189 g/mol. The highest BCUT2D eigenvalue weighted by Gasteiger charge is 2.28. The Bertz CT molecular complexity index is 237. The van der Waals surface area contributed by atoms with Crippen LogP contribution in [0.2, 0.25) is 0 Å². The van der Waals surface area contributed by atoms with Crippen LogP contribution >= 0.6 is 24.0 Å². The summed E-state index contributed by atoms with van der Waals surface area (Å²) in [6.45, 7) is 0. The number of carbonyl (C=O) groups excluding carboxylic acids is 1. The second-order valence-corrected chi connectivity index (χ2v) is 3.63. The van der Waals surface area contributed by atoms with Crippen LogP contribution in [0.3, 0.4) is 0 Å². The summed E-state index contributed by atoms with van der Waals surface area (Å²) in [6, 6.07) is 0. The van der Waals surface area contributed by atoms with Crippen molar-refractivity contribution in [3.05, 3.63) is 11.2 Å². The second kappa shape index (κ2) is 3.23. The summed E-state index contributed by atoms with van der Waals surface area (Å²) >= 11 is 6.13. The van der Waals surface area contributed by atoms with Crippen molar-refractivity contribution in [2.45, 2.75) is 0 Å². The van der Waals surface area contributed by atoms with Crippen LogP contribution in [0.5, 0.6) is 0 Å². The third-order valence-corrected chi connectivity index (χ3v) is 2.67. The van der Waals surface area contributed by atoms with Gasteiger partial charge in [-0.25, -0.2) is 0 Å². The Balaban J connectivity index is 2.83. The maximum atomic E-state index is 11.2. The summed E-state index contributed by atoms with van der Waals surface area (Å²) in [5.41, 5.74) is 0. The largest absolute Gasteiger partial charge is 0.503 e. The number of nitrogens with zero attached hydrogens (tertiary/aromatic N) is 1. The molecule has 0 aromatic rings. The third-order valence-electron chi connectivity index (χ3n) is 1.21. The van der Waals surface area contributed by atoms with Gasteiger partial charge in [0.15, 0.2) is 0 Å². The van der Waals surface area contributed by atoms with Crippen molar-refractivity contribution in [2.24, 2.45) is 0 Å². The molecule has 0 N–H and O–H groups in total. The van der Waals surface area contributed by atoms with E-state index in [9.17, 15) is 4.79 Å². The molecule has 0 spiro atoms. The van der Waals surface area contributed by atoms with Gasteiger partial charge < -0.3 is 4.74 Å². The zero-order valence-electron chi connectivity index (χ0n) is 6.16. The molecule has 0 aromatic heterocycles. The van der Waals surface area contributed by atoms with Crippen LogP contribution in [0.25, 0.3) is 0 Å². The van der Waals surface area contributed by atoms with Gasteiger partial charge in [-0.05, 0) is 0 Å². The lowest BCUT2D eigenvalue weighted by Crippen LogP contribution is -2.22. The van der Waals surface area contributed by atoms with Gasteiger partial charge in [0.2, 0.25) is 0 Å². The van der Waals surface area contributed by atoms with Crippen LogP contribution in [-0.2, 0) is 9.53 Å². The minimum atomic E-state index is -0.0955. The Morgan fingerprint density at radius 1 is 1.73 bits per heavy atom. The normalized spacial score (nSPS) is 21.6. The smallest absolute Gasteiger partial charge is 0.269 e. The number of amides is 1. The highest BCUT2D eigenvalue weighted by Crippen LogP contribution is 2.29. The molecule has 0 atom stereocenters. The van der Waals surface area contributed by atoms with Crippen LogP contribution in [0.4, 0.5) is 0 Å². The van der Waals surface area contributed by atoms with Crippen molar-refractivity contribution in [2.75, 3.05) is 14.2 Å². The maximum Gasteiger partial charge on any atom is 0.269 e. The topological polar surface area (TPSA) is 29.5 Å². The van der Waals surface area contributed by atoms with E-state index in [0.29, 0.717) is 9.23 Å². The van der Waals surface area contributed by atoms with Gasteiger partial charge in [0.05, 0.1) is 7.11 Å². The summed E-state index contributed by atoms with van der Waals surface area (Å²) < 4.78 is 5.27. The molecule has 5 heteroatoms. The lowest BCUT2D eigenvalue weighted by Gasteiger charge is -2.03. The molecule has 1 fully saturated rings. The number of thioether (sulfide) groups is 1. The Kier molecular flexibility index (Phi) is 2.51. The van der Waals surface area contributed by atoms with Crippen LogP contribution < -0.4 is 0 Å². The molecule has 0 saturated carbocycles. The fourth-order valence-corrected chi connectivity index (χ4v) is 1.76. The van der Waals surface area contributed by atoms with Gasteiger partial charge in [-0.2, -0.15) is 0 Å². The van der Waals surface area contributed by atoms with E-state index < -0.39 is 0 Å². The van der Waals surface area contributed by atoms with E-state index >= 15 is 0 Å². The third kappa shape index (κ3) is 1.54. The molecule has 1 saturated heterocycles. The van der Waals surface area contributed by atoms with Crippen molar-refractivity contribution in [3.63, 3.8) is 0 Å². The van der Waals surface area contributed by atoms with Gasteiger partial charge >= 0.3 is 0 Å². The second-order valence-electron chi connectivity index (χ2n) is 1.95. The van der Waals surface area contributed by atoms with E-state index in [1.54, 1.807) is 7.05 Å². The SMILES string of the molecule is COC=C1SC(=S)N(C)C1=O. The number of carbonyl (C=O) groups is 1. The van der Waals surface area contributed by atoms with Crippen molar-refractivity contribution >= 4 is 34.2 Å². The molecule has 0 unspecified atom stereocenters. The predicted octanol–water partition coefficient (Wildman–Crippen LogP) is 0.964. The highest BCUT2D eigenvalue weighted by atomic mass is 32.2. The van der Waals surface area contributed by atoms with E-state index in [1.165, 1.54) is 30.0 Å². The molecule has 1 aliphatic heterocycles. The van der Waals surface area contributed by atoms with Gasteiger partial charge in [-0.3, -0.25) is 9.69 Å². The number of thiocarbonyl (C=S) groups is 1. The fourth-order valence-electron chi connectivity index (χ4n) is 0.636. The van der Waals surface area contributed by atoms with Gasteiger partial charge in [0.1, 0.15) is 15.5 Å². The van der Waals surface area contributed by atoms with E-state index in [2.05, 4.69) is 0 Å². The first-order valence-electron chi connectivity index (χ1n) is 2.89. The Hall–Kier alpha value is -0.550. The minimum Gasteiger partial charge on any atom is -0.503 e. The number of rotatable bonds is 1. The molecular weight excluding hydrogens is 182 g/mol. The van der Waals surface area contributed by atoms with Gasteiger partial charge in [-0.15, -0.1) is 0 Å². The number of likely N-dealkylation sites (N-methyl/N-ethyl adjacent to an activating group) is 1. The molecule has 1 heterocycles. The minimum absolute atomic E-state index is 0.0955. The van der Waals surface area contributed by atoms with E-state index in [1.807, 2.05) is 0 Å². The quantitative estimate of drug-likeness (QED) is 0.349. The molecular formula is C6H7NO2S2. The molecule has 0 bridgehead atoms. The summed E-state index contributed by atoms with van der Waals surface area (Å²) in [4.78, 5) is 13.1. The first-order valence-corrected chi connectivity index (χ1v) is 4.12. The Morgan fingerprint density at radius 2 is 2.36 bits per heavy atom. The van der Waals surface area contributed by atoms with Gasteiger partial charge in [0.25, 0.3) is 5.91 Å². The van der Waals surface area contributed by atoms with Crippen LogP contribution in [0.15, 0.2) is 11.2 Å². The summed E-state index contributed by atoms with van der Waals surface area (Å²) in [7, 11) is 3.15. The Morgan fingerprint density at radius 3 is 2.73 bits per heavy atom. The first-order chi connectivity index (χ1) is 5.16. The van der Waals surface area contributed by atoms with E-state index in [4.69, 9.17) is 17.0 Å². The molecule has 1 aliphatic rings. The molecule has 1 rings (SSSR count). The molecule has 0 aromatic carbocycles. The number of ether oxygens (including phenoxy) is 1. The summed E-state index contributed by atoms with van der Waals surface area (Å²) in [5.74, 6) is -0.0955. The fraction of sp³-hybridized carbons (Fsp3) is 0.333. The number of hydrogen-bond acceptors (Lipinski definition) is 4. The summed E-state index contributed by atoms with van der Waals surface area (Å²) in [6.07, 6.45) is 1.41. The van der Waals surface area contributed by atoms with Crippen molar-refractivity contribution in [1.29, 1.82) is 0 Å². The predicted molar refractivity (Wildman–Crippen MR) is 48.1 cm³/mol. The summed E-state index contributed by atoms with van der Waals surface area (Å²) in [5, 5.41) is 0. The average molecular weight is 189 g/mol. The zero-order chi connectivity index (χ0) is 8.43. The molecule has 60 valence electrons. The van der Waals surface area contributed by atoms with Crippen molar-refractivity contribution in [1.82, 2.24) is 4.90 Å². The molecule has 1 amide bonds. The van der Waals surface area contributed by atoms with Gasteiger partial charge in [-0.1, -0.05) is 24.0 Å². The Labute approximate surface area is 74.4 Å². The standard InChI is InChI=1S/C6H7NO2S2/c1-7-5(8)4(3-9-2)11-6(7)10/h3H,1-2H3. The van der Waals surface area contributed by atoms with Crippen LogP contribution in [0, 0.1) is 0 Å². The van der Waals surface area contributed by atoms with E-state index in [0.717, 1.165) is 0 Å². The van der Waals surface area contributed by atoms with Crippen molar-refractivity contribution in [3.8, 4) is 0 Å². The average Bonchev–Trinajstić information content (AvgIpc) is 2.19. The van der Waals surface area contributed by atoms with Crippen LogP contribution in [-0.4, -0.2) is 29.3 Å². The lowest BCUT2D eigenvalue weighted by molar-refractivity contribution is -0.121. The molecule has 3 nitrogen and oxygen atoms in total.